The summed E-state index contributed by atoms with van der Waals surface area (Å²) < 4.78 is 0.693. The number of hydrogen-bond donors (Lipinski definition) is 5. The SMILES string of the molecule is CON=C(C(=O)NC1C(=O)N2C(C(=O)O)=C(CC(=S)c3n[nH]c(=O)c(=O)n3CC(N)=O)CSC12)c1csc(N)n1. The zero-order valence-electron chi connectivity index (χ0n) is 20.3. The highest BCUT2D eigenvalue weighted by Gasteiger charge is 2.54. The van der Waals surface area contributed by atoms with E-state index in [-0.39, 0.29) is 50.7 Å². The number of aromatic amines is 1. The van der Waals surface area contributed by atoms with Crippen molar-refractivity contribution in [3.63, 3.8) is 0 Å². The number of β-lactam (4-membered cyclic amide) rings is 1. The van der Waals surface area contributed by atoms with E-state index in [1.807, 2.05) is 5.10 Å². The zero-order chi connectivity index (χ0) is 29.3. The van der Waals surface area contributed by atoms with Gasteiger partial charge in [0.15, 0.2) is 16.7 Å². The lowest BCUT2D eigenvalue weighted by atomic mass is 10.00. The molecule has 17 nitrogen and oxygen atoms in total. The van der Waals surface area contributed by atoms with Crippen molar-refractivity contribution >= 4 is 74.7 Å². The average molecular weight is 610 g/mol. The van der Waals surface area contributed by atoms with Gasteiger partial charge in [-0.05, 0) is 5.57 Å². The Kier molecular flexibility index (Phi) is 8.11. The molecule has 0 spiro atoms. The summed E-state index contributed by atoms with van der Waals surface area (Å²) in [5, 5.41) is 22.7. The van der Waals surface area contributed by atoms with E-state index >= 15 is 0 Å². The minimum absolute atomic E-state index is 0.0770. The Labute approximate surface area is 236 Å². The number of aliphatic carboxylic acids is 1. The van der Waals surface area contributed by atoms with E-state index in [2.05, 4.69) is 20.6 Å². The van der Waals surface area contributed by atoms with Crippen molar-refractivity contribution in [1.82, 2.24) is 30.0 Å². The Balaban J connectivity index is 1.57. The molecule has 2 aromatic rings. The van der Waals surface area contributed by atoms with Gasteiger partial charge < -0.3 is 26.7 Å². The minimum Gasteiger partial charge on any atom is -0.477 e. The second-order valence-corrected chi connectivity index (χ2v) is 10.6. The van der Waals surface area contributed by atoms with Crippen LogP contribution < -0.4 is 27.9 Å². The lowest BCUT2D eigenvalue weighted by molar-refractivity contribution is -0.150. The largest absolute Gasteiger partial charge is 0.477 e. The van der Waals surface area contributed by atoms with Crippen LogP contribution in [0.25, 0.3) is 0 Å². The number of nitrogen functional groups attached to an aromatic ring is 1. The van der Waals surface area contributed by atoms with Gasteiger partial charge in [-0.1, -0.05) is 17.4 Å². The molecular weight excluding hydrogens is 590 g/mol. The van der Waals surface area contributed by atoms with E-state index in [0.29, 0.717) is 4.57 Å². The maximum absolute atomic E-state index is 13.0. The number of H-pyrrole nitrogens is 1. The molecule has 3 amide bonds. The van der Waals surface area contributed by atoms with Gasteiger partial charge >= 0.3 is 17.1 Å². The number of carbonyl (C=O) groups is 4. The Morgan fingerprint density at radius 1 is 1.35 bits per heavy atom. The molecule has 0 saturated carbocycles. The number of amides is 3. The Hall–Kier alpha value is -4.43. The molecule has 20 heteroatoms. The van der Waals surface area contributed by atoms with E-state index in [1.165, 1.54) is 12.5 Å². The van der Waals surface area contributed by atoms with E-state index < -0.39 is 52.8 Å². The van der Waals surface area contributed by atoms with Crippen molar-refractivity contribution in [2.45, 2.75) is 24.4 Å². The molecule has 7 N–H and O–H groups in total. The number of rotatable bonds is 10. The highest BCUT2D eigenvalue weighted by Crippen LogP contribution is 2.41. The highest BCUT2D eigenvalue weighted by atomic mass is 32.2. The Bertz CT molecular complexity index is 1620. The highest BCUT2D eigenvalue weighted by molar-refractivity contribution is 8.00. The molecule has 0 aromatic carbocycles. The fourth-order valence-electron chi connectivity index (χ4n) is 3.94. The Morgan fingerprint density at radius 3 is 2.67 bits per heavy atom. The third-order valence-electron chi connectivity index (χ3n) is 5.59. The second kappa shape index (κ2) is 11.4. The number of aromatic nitrogens is 4. The van der Waals surface area contributed by atoms with Crippen LogP contribution >= 0.6 is 35.3 Å². The maximum Gasteiger partial charge on any atom is 0.352 e. The first kappa shape index (κ1) is 28.6. The van der Waals surface area contributed by atoms with Crippen LogP contribution in [0.15, 0.2) is 31.4 Å². The van der Waals surface area contributed by atoms with Gasteiger partial charge in [0.25, 0.3) is 11.8 Å². The molecular formula is C20H19N9O8S3. The molecule has 4 heterocycles. The molecule has 2 unspecified atom stereocenters. The molecule has 1 fully saturated rings. The van der Waals surface area contributed by atoms with Crippen molar-refractivity contribution in [1.29, 1.82) is 0 Å². The number of nitrogens with zero attached hydrogens (tertiary/aromatic N) is 5. The third kappa shape index (κ3) is 5.35. The van der Waals surface area contributed by atoms with Crippen molar-refractivity contribution in [2.24, 2.45) is 10.9 Å². The monoisotopic (exact) mass is 609 g/mol. The second-order valence-electron chi connectivity index (χ2n) is 8.15. The number of carbonyl (C=O) groups excluding carboxylic acids is 3. The normalized spacial score (nSPS) is 18.6. The van der Waals surface area contributed by atoms with Gasteiger partial charge in [0, 0.05) is 17.6 Å². The number of thioether (sulfide) groups is 1. The first-order valence-corrected chi connectivity index (χ1v) is 13.3. The van der Waals surface area contributed by atoms with Crippen molar-refractivity contribution < 1.29 is 29.1 Å². The van der Waals surface area contributed by atoms with Gasteiger partial charge in [-0.25, -0.2) is 14.9 Å². The summed E-state index contributed by atoms with van der Waals surface area (Å²) in [6, 6.07) is -1.08. The van der Waals surface area contributed by atoms with Gasteiger partial charge in [0.05, 0.1) is 4.86 Å². The first-order valence-electron chi connectivity index (χ1n) is 11.0. The number of carboxylic acid groups (broad SMARTS) is 1. The fraction of sp³-hybridized carbons (Fsp3) is 0.300. The van der Waals surface area contributed by atoms with E-state index in [1.54, 1.807) is 0 Å². The van der Waals surface area contributed by atoms with E-state index in [0.717, 1.165) is 28.0 Å². The number of nitrogens with one attached hydrogen (secondary N) is 2. The van der Waals surface area contributed by atoms with Crippen LogP contribution in [0.2, 0.25) is 0 Å². The van der Waals surface area contributed by atoms with Crippen molar-refractivity contribution in [3.8, 4) is 0 Å². The summed E-state index contributed by atoms with van der Waals surface area (Å²) in [7, 11) is 1.22. The van der Waals surface area contributed by atoms with E-state index in [4.69, 9.17) is 28.5 Å². The van der Waals surface area contributed by atoms with Crippen molar-refractivity contribution in [2.75, 3.05) is 18.6 Å². The number of oxime groups is 1. The molecule has 4 rings (SSSR count). The van der Waals surface area contributed by atoms with Crippen molar-refractivity contribution in [3.05, 3.63) is 48.9 Å². The predicted octanol–water partition coefficient (Wildman–Crippen LogP) is -2.65. The first-order chi connectivity index (χ1) is 18.9. The number of nitrogens with two attached hydrogens (primary N) is 2. The zero-order valence-corrected chi connectivity index (χ0v) is 22.7. The van der Waals surface area contributed by atoms with Crippen LogP contribution in [-0.2, 0) is 30.6 Å². The minimum atomic E-state index is -1.43. The molecule has 210 valence electrons. The van der Waals surface area contributed by atoms with Crippen LogP contribution in [0, 0.1) is 0 Å². The van der Waals surface area contributed by atoms with Gasteiger partial charge in [0.1, 0.15) is 36.5 Å². The summed E-state index contributed by atoms with van der Waals surface area (Å²) in [6.07, 6.45) is -0.245. The predicted molar refractivity (Wildman–Crippen MR) is 144 cm³/mol. The van der Waals surface area contributed by atoms with E-state index in [9.17, 15) is 33.9 Å². The molecule has 2 aliphatic heterocycles. The molecule has 1 saturated heterocycles. The molecule has 2 atom stereocenters. The van der Waals surface area contributed by atoms with Crippen LogP contribution in [0.4, 0.5) is 5.13 Å². The summed E-state index contributed by atoms with van der Waals surface area (Å²) in [5.41, 5.74) is 8.32. The summed E-state index contributed by atoms with van der Waals surface area (Å²) >= 11 is 7.58. The summed E-state index contributed by atoms with van der Waals surface area (Å²) in [5.74, 6) is -4.02. The summed E-state index contributed by atoms with van der Waals surface area (Å²) in [4.78, 5) is 83.1. The number of thiocarbonyl (C=S) groups is 1. The quantitative estimate of drug-likeness (QED) is 0.0461. The molecule has 0 aliphatic carbocycles. The smallest absolute Gasteiger partial charge is 0.352 e. The molecule has 2 aliphatic rings. The topological polar surface area (TPSA) is 258 Å². The van der Waals surface area contributed by atoms with Gasteiger partial charge in [-0.3, -0.25) is 33.4 Å². The third-order valence-corrected chi connectivity index (χ3v) is 7.93. The number of anilines is 1. The molecule has 2 aromatic heterocycles. The van der Waals surface area contributed by atoms with Crippen LogP contribution in [-0.4, -0.2) is 88.3 Å². The number of primary amides is 1. The van der Waals surface area contributed by atoms with Crippen LogP contribution in [0.5, 0.6) is 0 Å². The van der Waals surface area contributed by atoms with Crippen LogP contribution in [0.1, 0.15) is 17.9 Å². The molecule has 40 heavy (non-hydrogen) atoms. The van der Waals surface area contributed by atoms with Crippen LogP contribution in [0.3, 0.4) is 0 Å². The maximum atomic E-state index is 13.0. The number of thiazole rings is 1. The molecule has 0 bridgehead atoms. The van der Waals surface area contributed by atoms with Gasteiger partial charge in [-0.2, -0.15) is 5.10 Å². The number of hydrogen-bond acceptors (Lipinski definition) is 14. The lowest BCUT2D eigenvalue weighted by Gasteiger charge is -2.49. The Morgan fingerprint density at radius 2 is 2.08 bits per heavy atom. The lowest BCUT2D eigenvalue weighted by Crippen LogP contribution is -2.71. The van der Waals surface area contributed by atoms with Gasteiger partial charge in [0.2, 0.25) is 5.91 Å². The standard InChI is InChI=1S/C20H19N9O8S3/c1-37-27-10(7-5-40-20(22)23-7)14(31)24-11-16(33)29-12(19(35)36)6(4-39-18(11)29)2-8(38)13-25-26-15(32)17(34)28(13)3-9(21)30/h5,11,18H,2-4H2,1H3,(H2,21,30)(H2,22,23)(H,24,31)(H,26,32)(H,35,36). The number of fused-ring (bicyclic) bond motifs is 1. The number of carboxylic acids is 1. The fourth-order valence-corrected chi connectivity index (χ4v) is 6.16. The molecule has 0 radical (unpaired) electrons. The van der Waals surface area contributed by atoms with Gasteiger partial charge in [-0.15, -0.1) is 23.1 Å². The average Bonchev–Trinajstić information content (AvgIpc) is 3.33. The summed E-state index contributed by atoms with van der Waals surface area (Å²) in [6.45, 7) is -0.680.